The van der Waals surface area contributed by atoms with Crippen LogP contribution in [0.15, 0.2) is 58.5 Å². The maximum Gasteiger partial charge on any atom is 0.418 e. The monoisotopic (exact) mass is 517 g/mol. The van der Waals surface area contributed by atoms with Crippen LogP contribution >= 0.6 is 11.8 Å². The number of nitrogens with zero attached hydrogens (tertiary/aromatic N) is 2. The molecule has 1 fully saturated rings. The van der Waals surface area contributed by atoms with Crippen LogP contribution in [0.1, 0.15) is 63.0 Å². The Morgan fingerprint density at radius 1 is 1.06 bits per heavy atom. The first-order valence-electron chi connectivity index (χ1n) is 12.3. The molecule has 1 spiro atoms. The zero-order valence-electron chi connectivity index (χ0n) is 20.2. The molecule has 9 heteroatoms. The highest BCUT2D eigenvalue weighted by Crippen LogP contribution is 2.39. The number of hydrogen-bond donors (Lipinski definition) is 1. The van der Waals surface area contributed by atoms with E-state index in [4.69, 9.17) is 14.7 Å². The highest BCUT2D eigenvalue weighted by molar-refractivity contribution is 8.16. The van der Waals surface area contributed by atoms with Crippen LogP contribution in [-0.2, 0) is 11.0 Å². The molecule has 4 rings (SSSR count). The number of halogens is 3. The molecule has 0 saturated heterocycles. The van der Waals surface area contributed by atoms with E-state index in [1.807, 2.05) is 24.3 Å². The van der Waals surface area contributed by atoms with Gasteiger partial charge < -0.3 is 10.1 Å². The first-order valence-corrected chi connectivity index (χ1v) is 13.3. The van der Waals surface area contributed by atoms with Gasteiger partial charge in [0.2, 0.25) is 5.91 Å². The fraction of sp³-hybridized carbons (Fsp3) is 0.444. The number of benzene rings is 2. The van der Waals surface area contributed by atoms with E-state index in [0.29, 0.717) is 11.7 Å². The van der Waals surface area contributed by atoms with Crippen molar-refractivity contribution in [1.29, 1.82) is 0 Å². The predicted octanol–water partition coefficient (Wildman–Crippen LogP) is 7.12. The van der Waals surface area contributed by atoms with Gasteiger partial charge in [0.1, 0.15) is 10.8 Å². The highest BCUT2D eigenvalue weighted by Gasteiger charge is 2.38. The Balaban J connectivity index is 1.48. The van der Waals surface area contributed by atoms with E-state index < -0.39 is 23.3 Å². The largest absolute Gasteiger partial charge is 0.494 e. The minimum absolute atomic E-state index is 0.0711. The summed E-state index contributed by atoms with van der Waals surface area (Å²) in [6, 6.07) is 12.7. The minimum Gasteiger partial charge on any atom is -0.494 e. The van der Waals surface area contributed by atoms with Crippen LogP contribution in [0.5, 0.6) is 5.75 Å². The van der Waals surface area contributed by atoms with Gasteiger partial charge >= 0.3 is 6.18 Å². The Bertz CT molecular complexity index is 1120. The van der Waals surface area contributed by atoms with Crippen molar-refractivity contribution < 1.29 is 22.7 Å². The van der Waals surface area contributed by atoms with Crippen molar-refractivity contribution in [3.8, 4) is 5.75 Å². The van der Waals surface area contributed by atoms with Gasteiger partial charge in [-0.15, -0.1) is 0 Å². The van der Waals surface area contributed by atoms with Crippen molar-refractivity contribution >= 4 is 34.1 Å². The first-order chi connectivity index (χ1) is 17.3. The summed E-state index contributed by atoms with van der Waals surface area (Å²) in [6.07, 6.45) is 2.42. The molecule has 2 aromatic carbocycles. The number of unbranched alkanes of at least 4 members (excludes halogenated alkanes) is 1. The van der Waals surface area contributed by atoms with Crippen molar-refractivity contribution in [3.63, 3.8) is 0 Å². The number of anilines is 1. The Hall–Kier alpha value is -2.81. The van der Waals surface area contributed by atoms with Crippen LogP contribution in [0.3, 0.4) is 0 Å². The summed E-state index contributed by atoms with van der Waals surface area (Å²) in [7, 11) is 0. The summed E-state index contributed by atoms with van der Waals surface area (Å²) in [5, 5.41) is 3.06. The maximum atomic E-state index is 13.3. The van der Waals surface area contributed by atoms with Gasteiger partial charge in [-0.05, 0) is 68.5 Å². The molecule has 1 aliphatic carbocycles. The number of nitrogens with one attached hydrogen (secondary N) is 1. The number of thioether (sulfide) groups is 1. The molecular formula is C27H30F3N3O2S. The van der Waals surface area contributed by atoms with Gasteiger partial charge in [-0.2, -0.15) is 13.2 Å². The number of hydrogen-bond acceptors (Lipinski definition) is 5. The average molecular weight is 518 g/mol. The van der Waals surface area contributed by atoms with Crippen LogP contribution in [0.2, 0.25) is 0 Å². The summed E-state index contributed by atoms with van der Waals surface area (Å²) in [6.45, 7) is 2.77. The van der Waals surface area contributed by atoms with Gasteiger partial charge in [0.15, 0.2) is 5.66 Å². The number of rotatable bonds is 8. The van der Waals surface area contributed by atoms with E-state index >= 15 is 0 Å². The second-order valence-electron chi connectivity index (χ2n) is 9.03. The topological polar surface area (TPSA) is 63.1 Å². The average Bonchev–Trinajstić information content (AvgIpc) is 3.21. The van der Waals surface area contributed by atoms with Crippen LogP contribution in [0, 0.1) is 0 Å². The summed E-state index contributed by atoms with van der Waals surface area (Å²) in [5.74, 6) is 0.188. The van der Waals surface area contributed by atoms with Gasteiger partial charge in [0.05, 0.1) is 29.3 Å². The number of amides is 1. The second-order valence-corrected chi connectivity index (χ2v) is 9.99. The van der Waals surface area contributed by atoms with E-state index in [0.717, 1.165) is 68.0 Å². The van der Waals surface area contributed by atoms with Crippen molar-refractivity contribution in [2.75, 3.05) is 17.7 Å². The number of carbonyl (C=O) groups is 1. The summed E-state index contributed by atoms with van der Waals surface area (Å²) >= 11 is 1.21. The van der Waals surface area contributed by atoms with E-state index in [-0.39, 0.29) is 11.4 Å². The zero-order chi connectivity index (χ0) is 25.6. The Morgan fingerprint density at radius 3 is 2.47 bits per heavy atom. The molecule has 5 nitrogen and oxygen atoms in total. The standard InChI is InChI=1S/C27H30F3N3O2S/c1-2-3-17-35-20-13-11-19(12-14-20)24-25(33-26(32-24)15-7-4-8-16-26)36-18-23(34)31-22-10-6-5-9-21(22)27(28,29)30/h5-6,9-14H,2-4,7-8,15-18H2,1H3,(H,31,34). The van der Waals surface area contributed by atoms with Crippen LogP contribution in [0.25, 0.3) is 0 Å². The lowest BCUT2D eigenvalue weighted by Crippen LogP contribution is -2.25. The van der Waals surface area contributed by atoms with Gasteiger partial charge in [0.25, 0.3) is 0 Å². The molecule has 1 aliphatic heterocycles. The smallest absolute Gasteiger partial charge is 0.418 e. The molecular weight excluding hydrogens is 487 g/mol. The van der Waals surface area contributed by atoms with E-state index in [1.54, 1.807) is 0 Å². The van der Waals surface area contributed by atoms with Crippen LogP contribution < -0.4 is 10.1 Å². The van der Waals surface area contributed by atoms with E-state index in [1.165, 1.54) is 30.0 Å². The highest BCUT2D eigenvalue weighted by atomic mass is 32.2. The van der Waals surface area contributed by atoms with E-state index in [9.17, 15) is 18.0 Å². The van der Waals surface area contributed by atoms with Crippen molar-refractivity contribution in [1.82, 2.24) is 0 Å². The third kappa shape index (κ3) is 6.49. The summed E-state index contributed by atoms with van der Waals surface area (Å²) in [4.78, 5) is 22.6. The lowest BCUT2D eigenvalue weighted by atomic mass is 9.90. The SMILES string of the molecule is CCCCOc1ccc(C2=NC3(CCCCC3)N=C2SCC(=O)Nc2ccccc2C(F)(F)F)cc1. The molecule has 192 valence electrons. The molecule has 1 heterocycles. The molecule has 0 aromatic heterocycles. The molecule has 0 unspecified atom stereocenters. The van der Waals surface area contributed by atoms with Gasteiger partial charge in [0, 0.05) is 5.56 Å². The number of para-hydroxylation sites is 1. The normalized spacial score (nSPS) is 17.0. The Morgan fingerprint density at radius 2 is 1.78 bits per heavy atom. The minimum atomic E-state index is -4.55. The number of carbonyl (C=O) groups excluding carboxylic acids is 1. The lowest BCUT2D eigenvalue weighted by molar-refractivity contribution is -0.137. The quantitative estimate of drug-likeness (QED) is 0.379. The first kappa shape index (κ1) is 26.3. The fourth-order valence-electron chi connectivity index (χ4n) is 4.36. The summed E-state index contributed by atoms with van der Waals surface area (Å²) < 4.78 is 45.6. The number of alkyl halides is 3. The molecule has 0 radical (unpaired) electrons. The molecule has 1 N–H and O–H groups in total. The van der Waals surface area contributed by atoms with Gasteiger partial charge in [-0.25, -0.2) is 4.99 Å². The van der Waals surface area contributed by atoms with Crippen LogP contribution in [0.4, 0.5) is 18.9 Å². The Labute approximate surface area is 213 Å². The van der Waals surface area contributed by atoms with E-state index in [2.05, 4.69) is 12.2 Å². The maximum absolute atomic E-state index is 13.3. The third-order valence-corrected chi connectivity index (χ3v) is 7.19. The molecule has 1 saturated carbocycles. The molecule has 0 bridgehead atoms. The van der Waals surface area contributed by atoms with Gasteiger partial charge in [-0.3, -0.25) is 9.79 Å². The van der Waals surface area contributed by atoms with Crippen molar-refractivity contribution in [2.45, 2.75) is 63.7 Å². The van der Waals surface area contributed by atoms with Crippen molar-refractivity contribution in [2.24, 2.45) is 9.98 Å². The predicted molar refractivity (Wildman–Crippen MR) is 139 cm³/mol. The van der Waals surface area contributed by atoms with Gasteiger partial charge in [-0.1, -0.05) is 43.7 Å². The molecule has 36 heavy (non-hydrogen) atoms. The fourth-order valence-corrected chi connectivity index (χ4v) is 5.23. The number of ether oxygens (including phenoxy) is 1. The van der Waals surface area contributed by atoms with Crippen LogP contribution in [-0.4, -0.2) is 34.7 Å². The zero-order valence-corrected chi connectivity index (χ0v) is 21.1. The van der Waals surface area contributed by atoms with Crippen molar-refractivity contribution in [3.05, 3.63) is 59.7 Å². The summed E-state index contributed by atoms with van der Waals surface area (Å²) in [5.41, 5.74) is -0.0164. The molecule has 2 aromatic rings. The lowest BCUT2D eigenvalue weighted by Gasteiger charge is -2.27. The molecule has 1 amide bonds. The Kier molecular flexibility index (Phi) is 8.39. The third-order valence-electron chi connectivity index (χ3n) is 6.23. The number of aliphatic imine (C=N–C) groups is 2. The molecule has 0 atom stereocenters. The molecule has 2 aliphatic rings. The second kappa shape index (κ2) is 11.5.